The van der Waals surface area contributed by atoms with Crippen molar-refractivity contribution in [3.63, 3.8) is 0 Å². The highest BCUT2D eigenvalue weighted by Gasteiger charge is 2.34. The van der Waals surface area contributed by atoms with Gasteiger partial charge in [-0.1, -0.05) is 48.5 Å². The van der Waals surface area contributed by atoms with E-state index >= 15 is 0 Å². The monoisotopic (exact) mass is 470 g/mol. The summed E-state index contributed by atoms with van der Waals surface area (Å²) in [6.45, 7) is 0.550. The van der Waals surface area contributed by atoms with Gasteiger partial charge in [-0.3, -0.25) is 9.59 Å². The molecule has 4 aromatic rings. The van der Waals surface area contributed by atoms with Gasteiger partial charge in [-0.05, 0) is 37.1 Å². The summed E-state index contributed by atoms with van der Waals surface area (Å²) in [6, 6.07) is 21.0. The number of carbonyl (C=O) groups excluding carboxylic acids is 2. The van der Waals surface area contributed by atoms with Crippen molar-refractivity contribution in [3.05, 3.63) is 84.4 Å². The van der Waals surface area contributed by atoms with E-state index in [1.807, 2.05) is 41.9 Å². The van der Waals surface area contributed by atoms with Crippen LogP contribution in [0, 0.1) is 5.82 Å². The van der Waals surface area contributed by atoms with Crippen LogP contribution in [0.1, 0.15) is 25.1 Å². The number of fused-ring (bicyclic) bond motifs is 1. The third kappa shape index (κ3) is 4.54. The number of halogens is 1. The molecule has 2 amide bonds. The molecule has 0 saturated carbocycles. The van der Waals surface area contributed by atoms with Crippen molar-refractivity contribution < 1.29 is 14.0 Å². The summed E-state index contributed by atoms with van der Waals surface area (Å²) in [5.41, 5.74) is 3.50. The molecule has 1 aromatic heterocycles. The largest absolute Gasteiger partial charge is 0.331 e. The summed E-state index contributed by atoms with van der Waals surface area (Å²) >= 11 is 0. The van der Waals surface area contributed by atoms with Crippen molar-refractivity contribution in [1.82, 2.24) is 14.5 Å². The first-order chi connectivity index (χ1) is 17.0. The smallest absolute Gasteiger partial charge is 0.247 e. The van der Waals surface area contributed by atoms with E-state index in [1.165, 1.54) is 6.07 Å². The number of aromatic nitrogens is 2. The molecular formula is C28H27FN4O2. The van der Waals surface area contributed by atoms with Crippen molar-refractivity contribution in [3.8, 4) is 11.1 Å². The highest BCUT2D eigenvalue weighted by atomic mass is 19.1. The predicted molar refractivity (Wildman–Crippen MR) is 134 cm³/mol. The molecule has 0 unspecified atom stereocenters. The Morgan fingerprint density at radius 1 is 1.00 bits per heavy atom. The van der Waals surface area contributed by atoms with Crippen LogP contribution < -0.4 is 5.32 Å². The second-order valence-electron chi connectivity index (χ2n) is 8.84. The number of carbonyl (C=O) groups is 2. The van der Waals surface area contributed by atoms with Gasteiger partial charge < -0.3 is 14.8 Å². The quantitative estimate of drug-likeness (QED) is 0.434. The van der Waals surface area contributed by atoms with Gasteiger partial charge in [0.05, 0.1) is 11.0 Å². The highest BCUT2D eigenvalue weighted by molar-refractivity contribution is 6.00. The Hall–Kier alpha value is -4.00. The topological polar surface area (TPSA) is 67.2 Å². The van der Waals surface area contributed by atoms with Crippen LogP contribution >= 0.6 is 0 Å². The summed E-state index contributed by atoms with van der Waals surface area (Å²) in [4.78, 5) is 32.7. The zero-order chi connectivity index (χ0) is 24.4. The van der Waals surface area contributed by atoms with Crippen molar-refractivity contribution >= 4 is 28.5 Å². The van der Waals surface area contributed by atoms with E-state index in [1.54, 1.807) is 41.3 Å². The summed E-state index contributed by atoms with van der Waals surface area (Å²) in [5, 5.41) is 2.95. The highest BCUT2D eigenvalue weighted by Crippen LogP contribution is 2.31. The number of nitrogens with one attached hydrogen (secondary N) is 1. The van der Waals surface area contributed by atoms with Gasteiger partial charge in [-0.25, -0.2) is 9.37 Å². The number of para-hydroxylation sites is 3. The second kappa shape index (κ2) is 9.70. The number of hydrogen-bond acceptors (Lipinski definition) is 3. The van der Waals surface area contributed by atoms with Gasteiger partial charge >= 0.3 is 0 Å². The zero-order valence-corrected chi connectivity index (χ0v) is 19.6. The maximum Gasteiger partial charge on any atom is 0.247 e. The molecule has 0 bridgehead atoms. The fourth-order valence-electron chi connectivity index (χ4n) is 4.84. The average Bonchev–Trinajstić information content (AvgIpc) is 3.49. The van der Waals surface area contributed by atoms with Gasteiger partial charge in [-0.15, -0.1) is 0 Å². The average molecular weight is 471 g/mol. The van der Waals surface area contributed by atoms with Crippen molar-refractivity contribution in [2.24, 2.45) is 7.05 Å². The minimum Gasteiger partial charge on any atom is -0.331 e. The molecule has 1 fully saturated rings. The minimum atomic E-state index is -0.545. The van der Waals surface area contributed by atoms with E-state index in [2.05, 4.69) is 10.3 Å². The molecule has 1 aliphatic heterocycles. The number of imidazole rings is 1. The van der Waals surface area contributed by atoms with Crippen molar-refractivity contribution in [2.75, 3.05) is 11.9 Å². The first-order valence-corrected chi connectivity index (χ1v) is 11.9. The number of aryl methyl sites for hydroxylation is 2. The summed E-state index contributed by atoms with van der Waals surface area (Å²) in [7, 11) is 1.95. The lowest BCUT2D eigenvalue weighted by Gasteiger charge is -2.24. The molecule has 1 aliphatic rings. The van der Waals surface area contributed by atoms with E-state index in [0.29, 0.717) is 36.2 Å². The number of likely N-dealkylation sites (tertiary alicyclic amines) is 1. The van der Waals surface area contributed by atoms with Gasteiger partial charge in [-0.2, -0.15) is 0 Å². The molecule has 1 atom stereocenters. The number of hydrogen-bond donors (Lipinski definition) is 1. The zero-order valence-electron chi connectivity index (χ0n) is 19.6. The third-order valence-corrected chi connectivity index (χ3v) is 6.67. The van der Waals surface area contributed by atoms with Crippen LogP contribution in [0.2, 0.25) is 0 Å². The molecule has 1 saturated heterocycles. The van der Waals surface area contributed by atoms with Crippen LogP contribution in [0.15, 0.2) is 72.8 Å². The molecule has 5 rings (SSSR count). The van der Waals surface area contributed by atoms with E-state index < -0.39 is 6.04 Å². The van der Waals surface area contributed by atoms with Gasteiger partial charge in [0.25, 0.3) is 0 Å². The fraction of sp³-hybridized carbons (Fsp3) is 0.250. The summed E-state index contributed by atoms with van der Waals surface area (Å²) in [5.74, 6) is 0.187. The van der Waals surface area contributed by atoms with Crippen LogP contribution in [0.5, 0.6) is 0 Å². The second-order valence-corrected chi connectivity index (χ2v) is 8.84. The van der Waals surface area contributed by atoms with Crippen LogP contribution in [0.3, 0.4) is 0 Å². The number of benzene rings is 3. The van der Waals surface area contributed by atoms with Gasteiger partial charge in [0.2, 0.25) is 11.8 Å². The normalized spacial score (nSPS) is 15.5. The lowest BCUT2D eigenvalue weighted by molar-refractivity contribution is -0.136. The number of nitrogens with zero attached hydrogens (tertiary/aromatic N) is 3. The molecule has 2 heterocycles. The molecule has 0 spiro atoms. The molecule has 7 heteroatoms. The molecular weight excluding hydrogens is 443 g/mol. The van der Waals surface area contributed by atoms with Crippen molar-refractivity contribution in [1.29, 1.82) is 0 Å². The molecule has 35 heavy (non-hydrogen) atoms. The van der Waals surface area contributed by atoms with E-state index in [-0.39, 0.29) is 24.1 Å². The van der Waals surface area contributed by atoms with Crippen LogP contribution in [0.25, 0.3) is 22.2 Å². The predicted octanol–water partition coefficient (Wildman–Crippen LogP) is 4.94. The minimum absolute atomic E-state index is 0.0582. The Labute approximate surface area is 203 Å². The van der Waals surface area contributed by atoms with Gasteiger partial charge in [0.1, 0.15) is 17.7 Å². The Morgan fingerprint density at radius 3 is 2.51 bits per heavy atom. The molecule has 6 nitrogen and oxygen atoms in total. The Balaban J connectivity index is 1.28. The number of rotatable bonds is 6. The van der Waals surface area contributed by atoms with Gasteiger partial charge in [0.15, 0.2) is 0 Å². The summed E-state index contributed by atoms with van der Waals surface area (Å²) < 4.78 is 16.4. The van der Waals surface area contributed by atoms with E-state index in [0.717, 1.165) is 23.3 Å². The van der Waals surface area contributed by atoms with Crippen molar-refractivity contribution in [2.45, 2.75) is 31.7 Å². The standard InChI is InChI=1S/C28H27FN4O2/c1-32-24-14-7-6-13-23(24)30-26(32)16-17-27(34)33-18-8-15-25(33)28(35)31-22-12-5-3-10-20(22)19-9-2-4-11-21(19)29/h2-7,9-14,25H,8,15-18H2,1H3,(H,31,35)/t25-/m0/s1. The molecule has 0 aliphatic carbocycles. The van der Waals surface area contributed by atoms with E-state index in [4.69, 9.17) is 0 Å². The maximum absolute atomic E-state index is 14.4. The van der Waals surface area contributed by atoms with Crippen LogP contribution in [-0.4, -0.2) is 38.9 Å². The molecule has 1 N–H and O–H groups in total. The number of amides is 2. The lowest BCUT2D eigenvalue weighted by atomic mass is 10.0. The Kier molecular flexibility index (Phi) is 6.31. The fourth-order valence-corrected chi connectivity index (χ4v) is 4.84. The lowest BCUT2D eigenvalue weighted by Crippen LogP contribution is -2.43. The molecule has 0 radical (unpaired) electrons. The van der Waals surface area contributed by atoms with Crippen LogP contribution in [-0.2, 0) is 23.1 Å². The third-order valence-electron chi connectivity index (χ3n) is 6.67. The number of anilines is 1. The summed E-state index contributed by atoms with van der Waals surface area (Å²) in [6.07, 6.45) is 2.16. The SMILES string of the molecule is Cn1c(CCC(=O)N2CCC[C@H]2C(=O)Nc2ccccc2-c2ccccc2F)nc2ccccc21. The maximum atomic E-state index is 14.4. The van der Waals surface area contributed by atoms with Gasteiger partial charge in [0, 0.05) is 43.2 Å². The molecule has 178 valence electrons. The first kappa shape index (κ1) is 22.8. The Morgan fingerprint density at radius 2 is 1.71 bits per heavy atom. The van der Waals surface area contributed by atoms with E-state index in [9.17, 15) is 14.0 Å². The first-order valence-electron chi connectivity index (χ1n) is 11.9. The Bertz CT molecular complexity index is 1400. The molecule has 3 aromatic carbocycles. The van der Waals surface area contributed by atoms with Crippen LogP contribution in [0.4, 0.5) is 10.1 Å².